The molecule has 26 heavy (non-hydrogen) atoms. The van der Waals surface area contributed by atoms with Crippen molar-refractivity contribution in [1.82, 2.24) is 15.0 Å². The van der Waals surface area contributed by atoms with Crippen molar-refractivity contribution in [1.29, 1.82) is 0 Å². The molecule has 1 amide bonds. The number of amides is 1. The number of para-hydroxylation sites is 1. The lowest BCUT2D eigenvalue weighted by Crippen LogP contribution is -2.15. The van der Waals surface area contributed by atoms with Gasteiger partial charge in [-0.2, -0.15) is 9.90 Å². The summed E-state index contributed by atoms with van der Waals surface area (Å²) >= 11 is 6.09. The number of hydrogen-bond acceptors (Lipinski definition) is 5. The topological polar surface area (TPSA) is 78.3 Å². The van der Waals surface area contributed by atoms with Crippen LogP contribution in [-0.2, 0) is 0 Å². The summed E-state index contributed by atoms with van der Waals surface area (Å²) in [6, 6.07) is 12.5. The van der Waals surface area contributed by atoms with Crippen molar-refractivity contribution >= 4 is 23.2 Å². The van der Waals surface area contributed by atoms with Crippen molar-refractivity contribution in [2.45, 2.75) is 6.92 Å². The van der Waals surface area contributed by atoms with Gasteiger partial charge in [0.2, 0.25) is 0 Å². The molecule has 0 spiro atoms. The van der Waals surface area contributed by atoms with Crippen molar-refractivity contribution in [3.05, 3.63) is 58.9 Å². The molecule has 3 rings (SSSR count). The maximum absolute atomic E-state index is 12.7. The molecule has 1 aromatic heterocycles. The third kappa shape index (κ3) is 3.48. The Bertz CT molecular complexity index is 941. The fourth-order valence-corrected chi connectivity index (χ4v) is 2.64. The van der Waals surface area contributed by atoms with Crippen LogP contribution in [0.1, 0.15) is 16.2 Å². The summed E-state index contributed by atoms with van der Waals surface area (Å²) in [5, 5.41) is 11.7. The largest absolute Gasteiger partial charge is 0.495 e. The Morgan fingerprint density at radius 2 is 1.77 bits per heavy atom. The van der Waals surface area contributed by atoms with E-state index in [2.05, 4.69) is 15.5 Å². The second-order valence-corrected chi connectivity index (χ2v) is 5.81. The number of nitrogens with zero attached hydrogens (tertiary/aromatic N) is 3. The van der Waals surface area contributed by atoms with E-state index in [0.29, 0.717) is 27.9 Å². The average molecular weight is 373 g/mol. The van der Waals surface area contributed by atoms with E-state index in [9.17, 15) is 4.79 Å². The molecule has 0 aliphatic rings. The predicted molar refractivity (Wildman–Crippen MR) is 98.6 cm³/mol. The van der Waals surface area contributed by atoms with Crippen LogP contribution >= 0.6 is 11.6 Å². The Balaban J connectivity index is 1.91. The fourth-order valence-electron chi connectivity index (χ4n) is 2.41. The first kappa shape index (κ1) is 17.8. The van der Waals surface area contributed by atoms with Crippen molar-refractivity contribution in [2.75, 3.05) is 19.5 Å². The molecule has 3 aromatic rings. The van der Waals surface area contributed by atoms with Gasteiger partial charge in [0.1, 0.15) is 11.5 Å². The molecule has 0 radical (unpaired) electrons. The molecular formula is C18H17ClN4O3. The number of anilines is 1. The Morgan fingerprint density at radius 3 is 2.42 bits per heavy atom. The SMILES string of the molecule is COc1cc(NC(=O)c2nn(-c3ccccc3)nc2C)c(OC)cc1Cl. The smallest absolute Gasteiger partial charge is 0.278 e. The molecule has 0 fully saturated rings. The van der Waals surface area contributed by atoms with Crippen LogP contribution in [0.4, 0.5) is 5.69 Å². The number of rotatable bonds is 5. The third-order valence-corrected chi connectivity index (χ3v) is 4.00. The van der Waals surface area contributed by atoms with Crippen LogP contribution in [0.2, 0.25) is 5.02 Å². The number of hydrogen-bond donors (Lipinski definition) is 1. The summed E-state index contributed by atoms with van der Waals surface area (Å²) in [6.07, 6.45) is 0. The first-order chi connectivity index (χ1) is 12.5. The molecule has 134 valence electrons. The number of halogens is 1. The minimum Gasteiger partial charge on any atom is -0.495 e. The van der Waals surface area contributed by atoms with Gasteiger partial charge in [0.25, 0.3) is 5.91 Å². The Hall–Kier alpha value is -3.06. The van der Waals surface area contributed by atoms with E-state index >= 15 is 0 Å². The minimum atomic E-state index is -0.410. The summed E-state index contributed by atoms with van der Waals surface area (Å²) in [4.78, 5) is 14.1. The highest BCUT2D eigenvalue weighted by atomic mass is 35.5. The molecule has 0 saturated heterocycles. The van der Waals surface area contributed by atoms with Gasteiger partial charge in [-0.1, -0.05) is 29.8 Å². The normalized spacial score (nSPS) is 10.5. The molecule has 0 aliphatic carbocycles. The molecule has 0 atom stereocenters. The molecule has 0 saturated carbocycles. The maximum atomic E-state index is 12.7. The van der Waals surface area contributed by atoms with E-state index in [1.54, 1.807) is 19.1 Å². The van der Waals surface area contributed by atoms with Gasteiger partial charge in [-0.15, -0.1) is 5.10 Å². The zero-order valence-electron chi connectivity index (χ0n) is 14.5. The summed E-state index contributed by atoms with van der Waals surface area (Å²) in [5.74, 6) is 0.428. The minimum absolute atomic E-state index is 0.213. The van der Waals surface area contributed by atoms with Crippen LogP contribution in [0.3, 0.4) is 0 Å². The first-order valence-electron chi connectivity index (χ1n) is 7.75. The molecule has 0 bridgehead atoms. The van der Waals surface area contributed by atoms with E-state index in [-0.39, 0.29) is 5.69 Å². The second-order valence-electron chi connectivity index (χ2n) is 5.40. The van der Waals surface area contributed by atoms with Crippen LogP contribution in [0.15, 0.2) is 42.5 Å². The monoisotopic (exact) mass is 372 g/mol. The zero-order valence-corrected chi connectivity index (χ0v) is 15.2. The summed E-state index contributed by atoms with van der Waals surface area (Å²) in [7, 11) is 2.99. The summed E-state index contributed by atoms with van der Waals surface area (Å²) in [5.41, 5.74) is 1.91. The Morgan fingerprint density at radius 1 is 1.08 bits per heavy atom. The van der Waals surface area contributed by atoms with Gasteiger partial charge in [0, 0.05) is 12.1 Å². The van der Waals surface area contributed by atoms with Crippen LogP contribution in [-0.4, -0.2) is 35.1 Å². The number of carbonyl (C=O) groups is 1. The van der Waals surface area contributed by atoms with E-state index in [4.69, 9.17) is 21.1 Å². The molecule has 0 aliphatic heterocycles. The van der Waals surface area contributed by atoms with E-state index in [0.717, 1.165) is 5.69 Å². The van der Waals surface area contributed by atoms with Crippen LogP contribution in [0, 0.1) is 6.92 Å². The predicted octanol–water partition coefficient (Wildman–Crippen LogP) is 3.50. The van der Waals surface area contributed by atoms with Crippen molar-refractivity contribution < 1.29 is 14.3 Å². The van der Waals surface area contributed by atoms with Gasteiger partial charge in [-0.25, -0.2) is 0 Å². The Labute approximate surface area is 155 Å². The highest BCUT2D eigenvalue weighted by Gasteiger charge is 2.19. The fraction of sp³-hybridized carbons (Fsp3) is 0.167. The van der Waals surface area contributed by atoms with E-state index in [1.165, 1.54) is 19.0 Å². The number of carbonyl (C=O) groups excluding carboxylic acids is 1. The molecule has 7 nitrogen and oxygen atoms in total. The summed E-state index contributed by atoms with van der Waals surface area (Å²) in [6.45, 7) is 1.72. The molecule has 0 unspecified atom stereocenters. The molecule has 8 heteroatoms. The number of ether oxygens (including phenoxy) is 2. The number of nitrogens with one attached hydrogen (secondary N) is 1. The highest BCUT2D eigenvalue weighted by molar-refractivity contribution is 6.32. The number of aromatic nitrogens is 3. The quantitative estimate of drug-likeness (QED) is 0.741. The number of benzene rings is 2. The lowest BCUT2D eigenvalue weighted by Gasteiger charge is -2.12. The average Bonchev–Trinajstić information content (AvgIpc) is 3.05. The van der Waals surface area contributed by atoms with E-state index < -0.39 is 5.91 Å². The van der Waals surface area contributed by atoms with Gasteiger partial charge < -0.3 is 14.8 Å². The highest BCUT2D eigenvalue weighted by Crippen LogP contribution is 2.36. The molecule has 2 aromatic carbocycles. The first-order valence-corrected chi connectivity index (χ1v) is 8.13. The number of methoxy groups -OCH3 is 2. The number of aryl methyl sites for hydroxylation is 1. The van der Waals surface area contributed by atoms with Gasteiger partial charge in [0.05, 0.1) is 36.3 Å². The van der Waals surface area contributed by atoms with Crippen LogP contribution < -0.4 is 14.8 Å². The van der Waals surface area contributed by atoms with Crippen molar-refractivity contribution in [3.63, 3.8) is 0 Å². The lowest BCUT2D eigenvalue weighted by atomic mass is 10.2. The zero-order chi connectivity index (χ0) is 18.7. The molecule has 1 N–H and O–H groups in total. The van der Waals surface area contributed by atoms with Crippen molar-refractivity contribution in [3.8, 4) is 17.2 Å². The van der Waals surface area contributed by atoms with Crippen LogP contribution in [0.25, 0.3) is 5.69 Å². The van der Waals surface area contributed by atoms with E-state index in [1.807, 2.05) is 30.3 Å². The maximum Gasteiger partial charge on any atom is 0.278 e. The molecule has 1 heterocycles. The third-order valence-electron chi connectivity index (χ3n) is 3.71. The second kappa shape index (κ2) is 7.45. The lowest BCUT2D eigenvalue weighted by molar-refractivity contribution is 0.102. The van der Waals surface area contributed by atoms with Gasteiger partial charge in [0.15, 0.2) is 5.69 Å². The summed E-state index contributed by atoms with van der Waals surface area (Å²) < 4.78 is 10.5. The van der Waals surface area contributed by atoms with Crippen molar-refractivity contribution in [2.24, 2.45) is 0 Å². The van der Waals surface area contributed by atoms with Gasteiger partial charge in [-0.05, 0) is 19.1 Å². The van der Waals surface area contributed by atoms with Crippen LogP contribution in [0.5, 0.6) is 11.5 Å². The molecular weight excluding hydrogens is 356 g/mol. The Kier molecular flexibility index (Phi) is 5.09. The standard InChI is InChI=1S/C18H17ClN4O3/c1-11-17(22-23(21-11)12-7-5-4-6-8-12)18(24)20-14-10-15(25-2)13(19)9-16(14)26-3/h4-10H,1-3H3,(H,20,24). The van der Waals surface area contributed by atoms with Gasteiger partial charge >= 0.3 is 0 Å². The van der Waals surface area contributed by atoms with Gasteiger partial charge in [-0.3, -0.25) is 4.79 Å².